The van der Waals surface area contributed by atoms with E-state index < -0.39 is 0 Å². The number of carbonyl (C=O) groups excluding carboxylic acids is 1. The molecule has 0 spiro atoms. The molecule has 1 amide bonds. The average Bonchev–Trinajstić information content (AvgIpc) is 3.48. The lowest BCUT2D eigenvalue weighted by Crippen LogP contribution is -2.40. The highest BCUT2D eigenvalue weighted by atomic mass is 16.2. The fraction of sp³-hybridized carbons (Fsp3) is 0.722. The van der Waals surface area contributed by atoms with Crippen LogP contribution < -0.4 is 4.90 Å². The topological polar surface area (TPSA) is 49.3 Å². The normalized spacial score (nSPS) is 22.2. The van der Waals surface area contributed by atoms with Crippen LogP contribution in [0.3, 0.4) is 0 Å². The van der Waals surface area contributed by atoms with E-state index in [4.69, 9.17) is 4.98 Å². The first-order valence-corrected chi connectivity index (χ1v) is 9.03. The third-order valence-electron chi connectivity index (χ3n) is 5.38. The Balaban J connectivity index is 1.30. The first kappa shape index (κ1) is 14.9. The number of anilines is 1. The Morgan fingerprint density at radius 1 is 1.22 bits per heavy atom. The molecule has 4 rings (SSSR count). The van der Waals surface area contributed by atoms with Crippen LogP contribution in [0.25, 0.3) is 0 Å². The van der Waals surface area contributed by atoms with Crippen molar-refractivity contribution in [2.75, 3.05) is 31.6 Å². The van der Waals surface area contributed by atoms with Gasteiger partial charge in [0.15, 0.2) is 0 Å². The number of piperidine rings is 1. The van der Waals surface area contributed by atoms with Crippen molar-refractivity contribution >= 4 is 11.7 Å². The number of nitrogens with zero attached hydrogens (tertiary/aromatic N) is 4. The standard InChI is InChI=1S/C18H26N4O/c1-21(18(23)15-4-5-15)12-13-7-10-22(11-8-13)16-6-9-19-17(20-16)14-2-3-14/h6,9,13-15H,2-5,7-8,10-12H2,1H3. The minimum atomic E-state index is 0.335. The molecule has 2 aliphatic carbocycles. The number of hydrogen-bond donors (Lipinski definition) is 0. The van der Waals surface area contributed by atoms with Crippen molar-refractivity contribution in [3.63, 3.8) is 0 Å². The zero-order valence-corrected chi connectivity index (χ0v) is 13.9. The van der Waals surface area contributed by atoms with E-state index in [1.165, 1.54) is 12.8 Å². The third-order valence-corrected chi connectivity index (χ3v) is 5.38. The highest BCUT2D eigenvalue weighted by molar-refractivity contribution is 5.80. The third kappa shape index (κ3) is 3.48. The molecular weight excluding hydrogens is 288 g/mol. The second-order valence-corrected chi connectivity index (χ2v) is 7.47. The fourth-order valence-electron chi connectivity index (χ4n) is 3.54. The smallest absolute Gasteiger partial charge is 0.225 e. The number of carbonyl (C=O) groups is 1. The first-order chi connectivity index (χ1) is 11.2. The molecule has 0 unspecified atom stereocenters. The second kappa shape index (κ2) is 6.10. The zero-order chi connectivity index (χ0) is 15.8. The molecule has 2 heterocycles. The van der Waals surface area contributed by atoms with E-state index in [9.17, 15) is 4.79 Å². The summed E-state index contributed by atoms with van der Waals surface area (Å²) in [6.07, 6.45) is 8.87. The number of rotatable bonds is 5. The Labute approximate surface area is 138 Å². The van der Waals surface area contributed by atoms with E-state index in [-0.39, 0.29) is 0 Å². The predicted octanol–water partition coefficient (Wildman–Crippen LogP) is 2.44. The summed E-state index contributed by atoms with van der Waals surface area (Å²) < 4.78 is 0. The molecule has 124 valence electrons. The maximum atomic E-state index is 12.1. The summed E-state index contributed by atoms with van der Waals surface area (Å²) in [5, 5.41) is 0. The van der Waals surface area contributed by atoms with Crippen molar-refractivity contribution in [3.8, 4) is 0 Å². The van der Waals surface area contributed by atoms with E-state index in [0.29, 0.717) is 23.7 Å². The van der Waals surface area contributed by atoms with Gasteiger partial charge in [0.2, 0.25) is 5.91 Å². The summed E-state index contributed by atoms with van der Waals surface area (Å²) in [6.45, 7) is 2.99. The lowest BCUT2D eigenvalue weighted by atomic mass is 9.96. The molecule has 1 aromatic rings. The Hall–Kier alpha value is -1.65. The molecule has 0 N–H and O–H groups in total. The maximum Gasteiger partial charge on any atom is 0.225 e. The van der Waals surface area contributed by atoms with Gasteiger partial charge in [0.1, 0.15) is 11.6 Å². The zero-order valence-electron chi connectivity index (χ0n) is 13.9. The molecule has 5 heteroatoms. The molecule has 1 saturated heterocycles. The van der Waals surface area contributed by atoms with Crippen LogP contribution in [0.15, 0.2) is 12.3 Å². The number of hydrogen-bond acceptors (Lipinski definition) is 4. The van der Waals surface area contributed by atoms with Gasteiger partial charge in [-0.2, -0.15) is 0 Å². The molecule has 0 atom stereocenters. The monoisotopic (exact) mass is 314 g/mol. The number of amides is 1. The molecule has 1 aromatic heterocycles. The van der Waals surface area contributed by atoms with Crippen molar-refractivity contribution in [2.45, 2.75) is 44.4 Å². The van der Waals surface area contributed by atoms with E-state index in [2.05, 4.69) is 9.88 Å². The first-order valence-electron chi connectivity index (χ1n) is 9.03. The van der Waals surface area contributed by atoms with Crippen LogP contribution in [0, 0.1) is 11.8 Å². The minimum absolute atomic E-state index is 0.335. The summed E-state index contributed by atoms with van der Waals surface area (Å²) in [7, 11) is 1.97. The van der Waals surface area contributed by atoms with Gasteiger partial charge in [-0.3, -0.25) is 4.79 Å². The molecule has 0 aromatic carbocycles. The SMILES string of the molecule is CN(CC1CCN(c2ccnc(C3CC3)n2)CC1)C(=O)C1CC1. The van der Waals surface area contributed by atoms with Gasteiger partial charge in [-0.25, -0.2) is 9.97 Å². The van der Waals surface area contributed by atoms with Gasteiger partial charge in [-0.1, -0.05) is 0 Å². The van der Waals surface area contributed by atoms with Crippen molar-refractivity contribution in [3.05, 3.63) is 18.1 Å². The van der Waals surface area contributed by atoms with Gasteiger partial charge in [-0.05, 0) is 50.5 Å². The average molecular weight is 314 g/mol. The van der Waals surface area contributed by atoms with Crippen LogP contribution in [0.4, 0.5) is 5.82 Å². The van der Waals surface area contributed by atoms with E-state index in [0.717, 1.165) is 57.0 Å². The van der Waals surface area contributed by atoms with Gasteiger partial charge in [0.25, 0.3) is 0 Å². The molecule has 0 radical (unpaired) electrons. The van der Waals surface area contributed by atoms with Crippen LogP contribution in [-0.2, 0) is 4.79 Å². The Bertz CT molecular complexity index is 574. The summed E-state index contributed by atoms with van der Waals surface area (Å²) in [5.74, 6) is 4.04. The van der Waals surface area contributed by atoms with Crippen molar-refractivity contribution < 1.29 is 4.79 Å². The van der Waals surface area contributed by atoms with Crippen molar-refractivity contribution in [1.29, 1.82) is 0 Å². The molecule has 5 nitrogen and oxygen atoms in total. The lowest BCUT2D eigenvalue weighted by molar-refractivity contribution is -0.131. The van der Waals surface area contributed by atoms with Crippen LogP contribution in [0.5, 0.6) is 0 Å². The largest absolute Gasteiger partial charge is 0.356 e. The van der Waals surface area contributed by atoms with Crippen molar-refractivity contribution in [2.24, 2.45) is 11.8 Å². The maximum absolute atomic E-state index is 12.1. The molecule has 3 fully saturated rings. The van der Waals surface area contributed by atoms with Crippen LogP contribution in [0.1, 0.15) is 50.3 Å². The van der Waals surface area contributed by atoms with E-state index >= 15 is 0 Å². The quantitative estimate of drug-likeness (QED) is 0.837. The summed E-state index contributed by atoms with van der Waals surface area (Å²) in [4.78, 5) is 25.6. The molecular formula is C18H26N4O. The molecule has 1 aliphatic heterocycles. The Kier molecular flexibility index (Phi) is 3.95. The molecule has 0 bridgehead atoms. The highest BCUT2D eigenvalue weighted by Crippen LogP contribution is 2.38. The molecule has 23 heavy (non-hydrogen) atoms. The summed E-state index contributed by atoms with van der Waals surface area (Å²) >= 11 is 0. The lowest BCUT2D eigenvalue weighted by Gasteiger charge is -2.34. The second-order valence-electron chi connectivity index (χ2n) is 7.47. The van der Waals surface area contributed by atoms with Crippen LogP contribution in [0.2, 0.25) is 0 Å². The van der Waals surface area contributed by atoms with Crippen molar-refractivity contribution in [1.82, 2.24) is 14.9 Å². The minimum Gasteiger partial charge on any atom is -0.356 e. The fourth-order valence-corrected chi connectivity index (χ4v) is 3.54. The van der Waals surface area contributed by atoms with Gasteiger partial charge in [-0.15, -0.1) is 0 Å². The van der Waals surface area contributed by atoms with Gasteiger partial charge < -0.3 is 9.80 Å². The Morgan fingerprint density at radius 2 is 1.96 bits per heavy atom. The predicted molar refractivity (Wildman–Crippen MR) is 89.3 cm³/mol. The Morgan fingerprint density at radius 3 is 2.61 bits per heavy atom. The summed E-state index contributed by atoms with van der Waals surface area (Å²) in [5.41, 5.74) is 0. The highest BCUT2D eigenvalue weighted by Gasteiger charge is 2.33. The summed E-state index contributed by atoms with van der Waals surface area (Å²) in [6, 6.07) is 2.04. The van der Waals surface area contributed by atoms with Crippen LogP contribution in [-0.4, -0.2) is 47.5 Å². The van der Waals surface area contributed by atoms with E-state index in [1.807, 2.05) is 24.2 Å². The van der Waals surface area contributed by atoms with Gasteiger partial charge in [0, 0.05) is 44.7 Å². The molecule has 3 aliphatic rings. The molecule has 2 saturated carbocycles. The van der Waals surface area contributed by atoms with Gasteiger partial charge >= 0.3 is 0 Å². The van der Waals surface area contributed by atoms with E-state index in [1.54, 1.807) is 0 Å². The van der Waals surface area contributed by atoms with Crippen LogP contribution >= 0.6 is 0 Å². The van der Waals surface area contributed by atoms with Gasteiger partial charge in [0.05, 0.1) is 0 Å². The number of aromatic nitrogens is 2.